The van der Waals surface area contributed by atoms with Gasteiger partial charge in [-0.05, 0) is 0 Å². The molecule has 0 heterocycles. The van der Waals surface area contributed by atoms with E-state index in [1.807, 2.05) is 0 Å². The Labute approximate surface area is 52.2 Å². The molecule has 21 valence electrons. The van der Waals surface area contributed by atoms with E-state index in [1.165, 1.54) is 0 Å². The molecule has 4 heavy (non-hydrogen) atoms. The first kappa shape index (κ1) is 9.22. The third-order valence-electron chi connectivity index (χ3n) is 0. The molecule has 0 atom stereocenters. The van der Waals surface area contributed by atoms with Crippen LogP contribution in [-0.2, 0) is 17.3 Å². The van der Waals surface area contributed by atoms with Crippen LogP contribution in [0.4, 0.5) is 0 Å². The second-order valence-corrected chi connectivity index (χ2v) is 0. The van der Waals surface area contributed by atoms with E-state index in [9.17, 15) is 0 Å². The molecule has 0 unspecified atom stereocenters. The summed E-state index contributed by atoms with van der Waals surface area (Å²) in [5.74, 6) is 0. The molecule has 0 saturated heterocycles. The first-order valence-electron chi connectivity index (χ1n) is 0.645. The standard InChI is InChI=1S/Al.2ClH.Zn.2H/h;2*1H;;;/q+1;;;+1;;/p-2. The van der Waals surface area contributed by atoms with Crippen molar-refractivity contribution in [2.75, 3.05) is 0 Å². The van der Waals surface area contributed by atoms with Gasteiger partial charge in [0.05, 0.1) is 0 Å². The van der Waals surface area contributed by atoms with Gasteiger partial charge in [0.25, 0.3) is 0 Å². The van der Waals surface area contributed by atoms with Gasteiger partial charge >= 0.3 is 42.4 Å². The fraction of sp³-hybridized carbons (Fsp3) is 0. The zero-order valence-electron chi connectivity index (χ0n) is 2.46. The van der Waals surface area contributed by atoms with Crippen LogP contribution in [0.3, 0.4) is 0 Å². The molecule has 0 fully saturated rings. The van der Waals surface area contributed by atoms with E-state index in [0.717, 1.165) is 32.7 Å². The molecule has 0 bridgehead atoms. The van der Waals surface area contributed by atoms with Crippen molar-refractivity contribution >= 4 is 35.1 Å². The van der Waals surface area contributed by atoms with Crippen molar-refractivity contribution in [1.29, 1.82) is 0 Å². The predicted octanol–water partition coefficient (Wildman–Crippen LogP) is 0.460. The summed E-state index contributed by atoms with van der Waals surface area (Å²) < 4.78 is 0. The Balaban J connectivity index is 0. The van der Waals surface area contributed by atoms with Gasteiger partial charge < -0.3 is 0 Å². The summed E-state index contributed by atoms with van der Waals surface area (Å²) in [7, 11) is 9.54. The fourth-order valence-electron chi connectivity index (χ4n) is 0. The average Bonchev–Trinajstić information content (AvgIpc) is 1.50. The molecule has 0 amide bonds. The van der Waals surface area contributed by atoms with Gasteiger partial charge in [-0.1, -0.05) is 0 Å². The van der Waals surface area contributed by atoms with Crippen molar-refractivity contribution < 1.29 is 17.3 Å². The van der Waals surface area contributed by atoms with Crippen molar-refractivity contribution in [3.8, 4) is 0 Å². The van der Waals surface area contributed by atoms with Crippen molar-refractivity contribution in [1.82, 2.24) is 0 Å². The Kier molecular flexibility index (Phi) is 50.5. The van der Waals surface area contributed by atoms with Gasteiger partial charge in [-0.2, -0.15) is 0 Å². The molecule has 0 N–H and O–H groups in total. The minimum atomic E-state index is 0.778. The summed E-state index contributed by atoms with van der Waals surface area (Å²) in [5, 5.41) is 0. The molecule has 0 radical (unpaired) electrons. The van der Waals surface area contributed by atoms with E-state index in [2.05, 4.69) is 0 Å². The first-order chi connectivity index (χ1) is 2.00. The molecule has 4 heteroatoms. The van der Waals surface area contributed by atoms with Crippen LogP contribution >= 0.6 is 19.7 Å². The summed E-state index contributed by atoms with van der Waals surface area (Å²) in [6, 6.07) is 0. The monoisotopic (exact) mass is 163 g/mol. The van der Waals surface area contributed by atoms with E-state index >= 15 is 0 Å². The van der Waals surface area contributed by atoms with Crippen LogP contribution in [0.1, 0.15) is 0 Å². The second-order valence-electron chi connectivity index (χ2n) is 0. The van der Waals surface area contributed by atoms with E-state index in [0.29, 0.717) is 0 Å². The molecule has 0 aromatic carbocycles. The van der Waals surface area contributed by atoms with Gasteiger partial charge in [0.2, 0.25) is 0 Å². The minimum absolute atomic E-state index is 0.778. The Morgan fingerprint density at radius 3 is 1.25 bits per heavy atom. The first-order valence-corrected chi connectivity index (χ1v) is 7.57. The summed E-state index contributed by atoms with van der Waals surface area (Å²) in [5.41, 5.74) is 0. The van der Waals surface area contributed by atoms with E-state index < -0.39 is 0 Å². The van der Waals surface area contributed by atoms with Crippen LogP contribution in [0.2, 0.25) is 0 Å². The summed E-state index contributed by atoms with van der Waals surface area (Å²) in [4.78, 5) is 0. The normalized spacial score (nSPS) is 3.00. The number of hydrogen-bond acceptors (Lipinski definition) is 0. The fourth-order valence-corrected chi connectivity index (χ4v) is 0. The van der Waals surface area contributed by atoms with Crippen LogP contribution in [0, 0.1) is 0 Å². The van der Waals surface area contributed by atoms with Crippen LogP contribution in [0.15, 0.2) is 0 Å². The number of hydrogen-bond donors (Lipinski definition) is 0. The molecule has 0 saturated carbocycles. The Bertz CT molecular complexity index is 6.00. The van der Waals surface area contributed by atoms with Crippen LogP contribution < -0.4 is 0 Å². The van der Waals surface area contributed by atoms with Crippen molar-refractivity contribution in [3.05, 3.63) is 0 Å². The molecule has 0 spiro atoms. The van der Waals surface area contributed by atoms with Gasteiger partial charge in [0, 0.05) is 0 Å². The Hall–Kier alpha value is 1.74. The number of halogens is 2. The van der Waals surface area contributed by atoms with Crippen molar-refractivity contribution in [2.45, 2.75) is 0 Å². The van der Waals surface area contributed by atoms with E-state index in [1.54, 1.807) is 0 Å². The van der Waals surface area contributed by atoms with Gasteiger partial charge in [-0.25, -0.2) is 0 Å². The summed E-state index contributed by atoms with van der Waals surface area (Å²) in [6.07, 6.45) is 0. The molecule has 0 rings (SSSR count). The molecular weight excluding hydrogens is 163 g/mol. The summed E-state index contributed by atoms with van der Waals surface area (Å²) in [6.45, 7) is 0. The van der Waals surface area contributed by atoms with Gasteiger partial charge in [-0.3, -0.25) is 10.0 Å². The summed E-state index contributed by atoms with van der Waals surface area (Å²) >= 11 is 1.63. The third kappa shape index (κ3) is 9.28. The van der Waals surface area contributed by atoms with Crippen molar-refractivity contribution in [3.63, 3.8) is 0 Å². The molecule has 0 aliphatic rings. The van der Waals surface area contributed by atoms with E-state index in [-0.39, 0.29) is 0 Å². The van der Waals surface area contributed by atoms with Crippen LogP contribution in [0.25, 0.3) is 0 Å². The molecular formula is H2AlCl2Zn. The van der Waals surface area contributed by atoms with Crippen LogP contribution in [0.5, 0.6) is 0 Å². The zero-order valence-corrected chi connectivity index (χ0v) is 8.94. The van der Waals surface area contributed by atoms with Gasteiger partial charge in [0.1, 0.15) is 0 Å². The SMILES string of the molecule is [AlH2][Cl].[Cl][Zn]. The molecule has 0 aliphatic carbocycles. The molecule has 0 aromatic rings. The number of rotatable bonds is 0. The zero-order chi connectivity index (χ0) is 4.00. The van der Waals surface area contributed by atoms with Gasteiger partial charge in [0.15, 0.2) is 0 Å². The second kappa shape index (κ2) is 21.9. The predicted molar refractivity (Wildman–Crippen MR) is 20.2 cm³/mol. The Morgan fingerprint density at radius 1 is 1.25 bits per heavy atom. The molecule has 0 aromatic heterocycles. The van der Waals surface area contributed by atoms with E-state index in [4.69, 9.17) is 19.7 Å². The van der Waals surface area contributed by atoms with Crippen LogP contribution in [-0.4, -0.2) is 15.4 Å². The average molecular weight is 165 g/mol. The topological polar surface area (TPSA) is 0 Å². The molecule has 0 nitrogen and oxygen atoms in total. The maximum atomic E-state index is 4.78. The maximum absolute atomic E-state index is 4.78. The molecule has 0 aliphatic heterocycles. The van der Waals surface area contributed by atoms with Gasteiger partial charge in [-0.15, -0.1) is 0 Å². The quantitative estimate of drug-likeness (QED) is 0.458. The third-order valence-corrected chi connectivity index (χ3v) is 0. The Morgan fingerprint density at radius 2 is 1.25 bits per heavy atom. The van der Waals surface area contributed by atoms with Crippen molar-refractivity contribution in [2.24, 2.45) is 0 Å².